The number of hydrogen-bond acceptors (Lipinski definition) is 5. The van der Waals surface area contributed by atoms with Crippen molar-refractivity contribution in [3.8, 4) is 11.5 Å². The molecule has 22 heavy (non-hydrogen) atoms. The zero-order chi connectivity index (χ0) is 15.5. The number of carbonyl (C=O) groups is 2. The molecule has 6 nitrogen and oxygen atoms in total. The molecule has 1 amide bonds. The highest BCUT2D eigenvalue weighted by Gasteiger charge is 2.24. The van der Waals surface area contributed by atoms with E-state index in [9.17, 15) is 9.59 Å². The first-order valence-electron chi connectivity index (χ1n) is 7.54. The Bertz CT molecular complexity index is 580. The van der Waals surface area contributed by atoms with E-state index < -0.39 is 12.1 Å². The minimum absolute atomic E-state index is 0.147. The first kappa shape index (κ1) is 14.7. The van der Waals surface area contributed by atoms with Crippen LogP contribution in [-0.2, 0) is 9.53 Å². The summed E-state index contributed by atoms with van der Waals surface area (Å²) in [7, 11) is 0. The maximum Gasteiger partial charge on any atom is 0.339 e. The number of carbonyl (C=O) groups excluding carboxylic acids is 2. The van der Waals surface area contributed by atoms with Gasteiger partial charge in [-0.1, -0.05) is 12.8 Å². The van der Waals surface area contributed by atoms with Crippen LogP contribution >= 0.6 is 0 Å². The van der Waals surface area contributed by atoms with Crippen LogP contribution in [0.4, 0.5) is 0 Å². The van der Waals surface area contributed by atoms with Crippen molar-refractivity contribution in [1.82, 2.24) is 5.32 Å². The van der Waals surface area contributed by atoms with Crippen molar-refractivity contribution in [3.05, 3.63) is 23.8 Å². The number of rotatable bonds is 4. The van der Waals surface area contributed by atoms with E-state index in [1.165, 1.54) is 0 Å². The van der Waals surface area contributed by atoms with Gasteiger partial charge in [-0.3, -0.25) is 4.79 Å². The van der Waals surface area contributed by atoms with E-state index in [4.69, 9.17) is 14.2 Å². The van der Waals surface area contributed by atoms with Crippen LogP contribution in [0.3, 0.4) is 0 Å². The Morgan fingerprint density at radius 2 is 1.95 bits per heavy atom. The predicted octanol–water partition coefficient (Wildman–Crippen LogP) is 2.02. The van der Waals surface area contributed by atoms with Gasteiger partial charge in [0, 0.05) is 6.04 Å². The Morgan fingerprint density at radius 1 is 1.23 bits per heavy atom. The van der Waals surface area contributed by atoms with E-state index in [0.717, 1.165) is 25.7 Å². The highest BCUT2D eigenvalue weighted by Crippen LogP contribution is 2.32. The summed E-state index contributed by atoms with van der Waals surface area (Å²) >= 11 is 0. The maximum absolute atomic E-state index is 12.1. The molecule has 3 rings (SSSR count). The van der Waals surface area contributed by atoms with E-state index in [1.54, 1.807) is 25.1 Å². The minimum Gasteiger partial charge on any atom is -0.454 e. The molecule has 1 atom stereocenters. The molecule has 6 heteroatoms. The summed E-state index contributed by atoms with van der Waals surface area (Å²) in [5, 5.41) is 2.92. The van der Waals surface area contributed by atoms with Crippen molar-refractivity contribution in [1.29, 1.82) is 0 Å². The van der Waals surface area contributed by atoms with E-state index in [1.807, 2.05) is 0 Å². The second kappa shape index (κ2) is 6.25. The molecule has 0 spiro atoms. The predicted molar refractivity (Wildman–Crippen MR) is 77.8 cm³/mol. The Balaban J connectivity index is 1.57. The number of benzene rings is 1. The lowest BCUT2D eigenvalue weighted by molar-refractivity contribution is -0.129. The highest BCUT2D eigenvalue weighted by molar-refractivity contribution is 5.93. The van der Waals surface area contributed by atoms with Crippen LogP contribution in [-0.4, -0.2) is 30.8 Å². The fourth-order valence-electron chi connectivity index (χ4n) is 2.69. The second-order valence-corrected chi connectivity index (χ2v) is 5.61. The van der Waals surface area contributed by atoms with E-state index in [2.05, 4.69) is 5.32 Å². The third kappa shape index (κ3) is 3.16. The third-order valence-electron chi connectivity index (χ3n) is 3.96. The van der Waals surface area contributed by atoms with Crippen LogP contribution in [0.25, 0.3) is 0 Å². The van der Waals surface area contributed by atoms with Crippen LogP contribution in [0, 0.1) is 0 Å². The topological polar surface area (TPSA) is 73.9 Å². The highest BCUT2D eigenvalue weighted by atomic mass is 16.7. The Kier molecular flexibility index (Phi) is 4.18. The van der Waals surface area contributed by atoms with Crippen molar-refractivity contribution in [3.63, 3.8) is 0 Å². The summed E-state index contributed by atoms with van der Waals surface area (Å²) in [6.07, 6.45) is 3.44. The SMILES string of the molecule is CC(OC(=O)c1ccc2c(c1)OCO2)C(=O)NC1CCCC1. The lowest BCUT2D eigenvalue weighted by atomic mass is 10.2. The summed E-state index contributed by atoms with van der Waals surface area (Å²) in [5.74, 6) is 0.314. The molecule has 0 aromatic heterocycles. The quantitative estimate of drug-likeness (QED) is 0.862. The molecule has 1 unspecified atom stereocenters. The number of amides is 1. The van der Waals surface area contributed by atoms with Crippen LogP contribution < -0.4 is 14.8 Å². The van der Waals surface area contributed by atoms with Crippen LogP contribution in [0.1, 0.15) is 43.0 Å². The van der Waals surface area contributed by atoms with Gasteiger partial charge < -0.3 is 19.5 Å². The smallest absolute Gasteiger partial charge is 0.339 e. The Morgan fingerprint density at radius 3 is 2.73 bits per heavy atom. The molecule has 1 fully saturated rings. The van der Waals surface area contributed by atoms with Gasteiger partial charge in [-0.25, -0.2) is 4.79 Å². The van der Waals surface area contributed by atoms with Gasteiger partial charge in [0.15, 0.2) is 17.6 Å². The number of nitrogens with one attached hydrogen (secondary N) is 1. The van der Waals surface area contributed by atoms with Gasteiger partial charge >= 0.3 is 5.97 Å². The van der Waals surface area contributed by atoms with Crippen LogP contribution in [0.15, 0.2) is 18.2 Å². The minimum atomic E-state index is -0.821. The van der Waals surface area contributed by atoms with E-state index in [0.29, 0.717) is 17.1 Å². The molecular formula is C16H19NO5. The number of hydrogen-bond donors (Lipinski definition) is 1. The number of ether oxygens (including phenoxy) is 3. The van der Waals surface area contributed by atoms with Crippen LogP contribution in [0.5, 0.6) is 11.5 Å². The van der Waals surface area contributed by atoms with Crippen molar-refractivity contribution >= 4 is 11.9 Å². The molecule has 1 aromatic rings. The fourth-order valence-corrected chi connectivity index (χ4v) is 2.69. The molecule has 118 valence electrons. The number of esters is 1. The first-order valence-corrected chi connectivity index (χ1v) is 7.54. The molecule has 1 N–H and O–H groups in total. The van der Waals surface area contributed by atoms with Gasteiger partial charge in [0.25, 0.3) is 5.91 Å². The Hall–Kier alpha value is -2.24. The van der Waals surface area contributed by atoms with Crippen molar-refractivity contribution in [2.75, 3.05) is 6.79 Å². The summed E-state index contributed by atoms with van der Waals surface area (Å²) in [4.78, 5) is 24.1. The van der Waals surface area contributed by atoms with Crippen LogP contribution in [0.2, 0.25) is 0 Å². The summed E-state index contributed by atoms with van der Waals surface area (Å²) < 4.78 is 15.6. The number of fused-ring (bicyclic) bond motifs is 1. The maximum atomic E-state index is 12.1. The zero-order valence-electron chi connectivity index (χ0n) is 12.5. The molecule has 2 aliphatic rings. The molecule has 1 heterocycles. The average molecular weight is 305 g/mol. The summed E-state index contributed by atoms with van der Waals surface area (Å²) in [6.45, 7) is 1.73. The lowest BCUT2D eigenvalue weighted by Gasteiger charge is -2.17. The molecule has 1 aliphatic carbocycles. The van der Waals surface area contributed by atoms with Gasteiger partial charge in [-0.05, 0) is 38.0 Å². The fraction of sp³-hybridized carbons (Fsp3) is 0.500. The normalized spacial score (nSPS) is 18.0. The first-order chi connectivity index (χ1) is 10.6. The summed E-state index contributed by atoms with van der Waals surface area (Å²) in [5.41, 5.74) is 0.338. The van der Waals surface area contributed by atoms with E-state index >= 15 is 0 Å². The van der Waals surface area contributed by atoms with Gasteiger partial charge in [-0.15, -0.1) is 0 Å². The zero-order valence-corrected chi connectivity index (χ0v) is 12.5. The molecule has 0 radical (unpaired) electrons. The summed E-state index contributed by atoms with van der Waals surface area (Å²) in [6, 6.07) is 5.02. The Labute approximate surface area is 128 Å². The largest absolute Gasteiger partial charge is 0.454 e. The second-order valence-electron chi connectivity index (χ2n) is 5.61. The van der Waals surface area contributed by atoms with Gasteiger partial charge in [-0.2, -0.15) is 0 Å². The molecule has 0 saturated heterocycles. The molecule has 1 aliphatic heterocycles. The molecule has 1 aromatic carbocycles. The molecular weight excluding hydrogens is 286 g/mol. The van der Waals surface area contributed by atoms with Gasteiger partial charge in [0.05, 0.1) is 5.56 Å². The monoisotopic (exact) mass is 305 g/mol. The van der Waals surface area contributed by atoms with Crippen molar-refractivity contribution in [2.45, 2.75) is 44.8 Å². The standard InChI is InChI=1S/C16H19NO5/c1-10(15(18)17-12-4-2-3-5-12)22-16(19)11-6-7-13-14(8-11)21-9-20-13/h6-8,10,12H,2-5,9H2,1H3,(H,17,18). The van der Waals surface area contributed by atoms with E-state index in [-0.39, 0.29) is 18.7 Å². The van der Waals surface area contributed by atoms with Gasteiger partial charge in [0.1, 0.15) is 0 Å². The average Bonchev–Trinajstić information content (AvgIpc) is 3.16. The lowest BCUT2D eigenvalue weighted by Crippen LogP contribution is -2.40. The van der Waals surface area contributed by atoms with Crippen molar-refractivity contribution < 1.29 is 23.8 Å². The third-order valence-corrected chi connectivity index (χ3v) is 3.96. The molecule has 0 bridgehead atoms. The van der Waals surface area contributed by atoms with Crippen molar-refractivity contribution in [2.24, 2.45) is 0 Å². The molecule has 1 saturated carbocycles. The van der Waals surface area contributed by atoms with Gasteiger partial charge in [0.2, 0.25) is 6.79 Å².